The van der Waals surface area contributed by atoms with E-state index in [1.807, 2.05) is 32.9 Å². The third kappa shape index (κ3) is 4.18. The van der Waals surface area contributed by atoms with Crippen LogP contribution < -0.4 is 10.6 Å². The molecular formula is C15H22N4O2. The van der Waals surface area contributed by atoms with E-state index in [0.29, 0.717) is 19.5 Å². The lowest BCUT2D eigenvalue weighted by atomic mass is 10.1. The van der Waals surface area contributed by atoms with Crippen LogP contribution in [-0.4, -0.2) is 39.9 Å². The van der Waals surface area contributed by atoms with Gasteiger partial charge in [0.15, 0.2) is 0 Å². The number of likely N-dealkylation sites (tertiary alicyclic amines) is 1. The summed E-state index contributed by atoms with van der Waals surface area (Å²) in [6.07, 6.45) is 3.73. The van der Waals surface area contributed by atoms with Crippen LogP contribution in [0.4, 0.5) is 4.79 Å². The smallest absolute Gasteiger partial charge is 0.315 e. The standard InChI is InChI=1S/C15H22N4O2/c1-15(2,3)19-10-12(8-13(19)20)18-14(21)17-9-11-4-6-16-7-5-11/h4-7,12H,8-10H2,1-3H3,(H2,17,18,21). The van der Waals surface area contributed by atoms with Crippen molar-refractivity contribution in [2.24, 2.45) is 0 Å². The molecule has 2 rings (SSSR count). The molecular weight excluding hydrogens is 268 g/mol. The molecule has 2 heterocycles. The predicted octanol–water partition coefficient (Wildman–Crippen LogP) is 1.28. The Kier molecular flexibility index (Phi) is 4.45. The Morgan fingerprint density at radius 3 is 2.62 bits per heavy atom. The van der Waals surface area contributed by atoms with Crippen LogP contribution in [0.15, 0.2) is 24.5 Å². The van der Waals surface area contributed by atoms with Gasteiger partial charge in [-0.15, -0.1) is 0 Å². The first-order chi connectivity index (χ1) is 9.86. The second kappa shape index (κ2) is 6.11. The zero-order valence-corrected chi connectivity index (χ0v) is 12.7. The molecule has 1 aliphatic rings. The fourth-order valence-corrected chi connectivity index (χ4v) is 2.37. The van der Waals surface area contributed by atoms with Crippen molar-refractivity contribution in [3.8, 4) is 0 Å². The highest BCUT2D eigenvalue weighted by Crippen LogP contribution is 2.21. The fourth-order valence-electron chi connectivity index (χ4n) is 2.37. The minimum Gasteiger partial charge on any atom is -0.336 e. The third-order valence-corrected chi connectivity index (χ3v) is 3.47. The molecule has 0 spiro atoms. The lowest BCUT2D eigenvalue weighted by molar-refractivity contribution is -0.131. The number of nitrogens with one attached hydrogen (secondary N) is 2. The van der Waals surface area contributed by atoms with E-state index < -0.39 is 0 Å². The van der Waals surface area contributed by atoms with Crippen molar-refractivity contribution in [2.45, 2.75) is 45.3 Å². The second-order valence-corrected chi connectivity index (χ2v) is 6.26. The Morgan fingerprint density at radius 2 is 2.05 bits per heavy atom. The summed E-state index contributed by atoms with van der Waals surface area (Å²) < 4.78 is 0. The molecule has 1 aliphatic heterocycles. The average Bonchev–Trinajstić information content (AvgIpc) is 2.78. The summed E-state index contributed by atoms with van der Waals surface area (Å²) in [5, 5.41) is 5.64. The first-order valence-electron chi connectivity index (χ1n) is 7.10. The Hall–Kier alpha value is -2.11. The monoisotopic (exact) mass is 290 g/mol. The van der Waals surface area contributed by atoms with Gasteiger partial charge in [-0.25, -0.2) is 4.79 Å². The minimum atomic E-state index is -0.250. The third-order valence-electron chi connectivity index (χ3n) is 3.47. The molecule has 1 saturated heterocycles. The summed E-state index contributed by atoms with van der Waals surface area (Å²) >= 11 is 0. The minimum absolute atomic E-state index is 0.0851. The summed E-state index contributed by atoms with van der Waals surface area (Å²) in [5.41, 5.74) is 0.778. The van der Waals surface area contributed by atoms with Crippen molar-refractivity contribution in [2.75, 3.05) is 6.54 Å². The van der Waals surface area contributed by atoms with Gasteiger partial charge in [-0.1, -0.05) is 0 Å². The van der Waals surface area contributed by atoms with Gasteiger partial charge in [0.25, 0.3) is 0 Å². The van der Waals surface area contributed by atoms with Crippen molar-refractivity contribution in [3.05, 3.63) is 30.1 Å². The molecule has 1 fully saturated rings. The Morgan fingerprint density at radius 1 is 1.38 bits per heavy atom. The maximum Gasteiger partial charge on any atom is 0.315 e. The summed E-state index contributed by atoms with van der Waals surface area (Å²) in [5.74, 6) is 0.0851. The number of urea groups is 1. The van der Waals surface area contributed by atoms with Crippen molar-refractivity contribution >= 4 is 11.9 Å². The van der Waals surface area contributed by atoms with E-state index in [2.05, 4.69) is 15.6 Å². The highest BCUT2D eigenvalue weighted by Gasteiger charge is 2.36. The summed E-state index contributed by atoms with van der Waals surface area (Å²) in [6, 6.07) is 3.32. The van der Waals surface area contributed by atoms with Crippen LogP contribution in [0, 0.1) is 0 Å². The lowest BCUT2D eigenvalue weighted by Crippen LogP contribution is -2.46. The fraction of sp³-hybridized carbons (Fsp3) is 0.533. The van der Waals surface area contributed by atoms with Gasteiger partial charge in [-0.2, -0.15) is 0 Å². The maximum absolute atomic E-state index is 11.9. The average molecular weight is 290 g/mol. The number of rotatable bonds is 3. The van der Waals surface area contributed by atoms with Gasteiger partial charge in [0, 0.05) is 37.4 Å². The molecule has 3 amide bonds. The molecule has 1 aromatic rings. The zero-order chi connectivity index (χ0) is 15.5. The van der Waals surface area contributed by atoms with Crippen LogP contribution >= 0.6 is 0 Å². The molecule has 1 aromatic heterocycles. The zero-order valence-electron chi connectivity index (χ0n) is 12.7. The van der Waals surface area contributed by atoms with Crippen LogP contribution in [0.1, 0.15) is 32.8 Å². The van der Waals surface area contributed by atoms with E-state index >= 15 is 0 Å². The van der Waals surface area contributed by atoms with Gasteiger partial charge in [0.1, 0.15) is 0 Å². The molecule has 0 radical (unpaired) electrons. The highest BCUT2D eigenvalue weighted by molar-refractivity contribution is 5.82. The van der Waals surface area contributed by atoms with E-state index in [-0.39, 0.29) is 23.5 Å². The van der Waals surface area contributed by atoms with Crippen molar-refractivity contribution in [1.82, 2.24) is 20.5 Å². The van der Waals surface area contributed by atoms with Gasteiger partial charge in [0.05, 0.1) is 6.04 Å². The van der Waals surface area contributed by atoms with Crippen LogP contribution in [0.25, 0.3) is 0 Å². The number of carbonyl (C=O) groups is 2. The van der Waals surface area contributed by atoms with E-state index in [4.69, 9.17) is 0 Å². The van der Waals surface area contributed by atoms with Gasteiger partial charge >= 0.3 is 6.03 Å². The second-order valence-electron chi connectivity index (χ2n) is 6.26. The molecule has 0 aliphatic carbocycles. The topological polar surface area (TPSA) is 74.3 Å². The molecule has 6 nitrogen and oxygen atoms in total. The van der Waals surface area contributed by atoms with Crippen molar-refractivity contribution in [1.29, 1.82) is 0 Å². The molecule has 6 heteroatoms. The number of carbonyl (C=O) groups excluding carboxylic acids is 2. The summed E-state index contributed by atoms with van der Waals surface area (Å²) in [6.45, 7) is 6.99. The predicted molar refractivity (Wildman–Crippen MR) is 79.5 cm³/mol. The number of pyridine rings is 1. The van der Waals surface area contributed by atoms with Crippen molar-refractivity contribution < 1.29 is 9.59 Å². The number of hydrogen-bond donors (Lipinski definition) is 2. The number of amides is 3. The molecule has 1 unspecified atom stereocenters. The number of aromatic nitrogens is 1. The molecule has 2 N–H and O–H groups in total. The molecule has 0 bridgehead atoms. The highest BCUT2D eigenvalue weighted by atomic mass is 16.2. The van der Waals surface area contributed by atoms with E-state index in [1.165, 1.54) is 0 Å². The SMILES string of the molecule is CC(C)(C)N1CC(NC(=O)NCc2ccncc2)CC1=O. The van der Waals surface area contributed by atoms with Gasteiger partial charge < -0.3 is 15.5 Å². The summed E-state index contributed by atoms with van der Waals surface area (Å²) in [4.78, 5) is 29.5. The van der Waals surface area contributed by atoms with Gasteiger partial charge in [-0.05, 0) is 38.5 Å². The molecule has 114 valence electrons. The van der Waals surface area contributed by atoms with Crippen LogP contribution in [-0.2, 0) is 11.3 Å². The van der Waals surface area contributed by atoms with Gasteiger partial charge in [0.2, 0.25) is 5.91 Å². The van der Waals surface area contributed by atoms with Crippen molar-refractivity contribution in [3.63, 3.8) is 0 Å². The molecule has 0 aromatic carbocycles. The Bertz CT molecular complexity index is 510. The normalized spacial score (nSPS) is 18.7. The van der Waals surface area contributed by atoms with Gasteiger partial charge in [-0.3, -0.25) is 9.78 Å². The lowest BCUT2D eigenvalue weighted by Gasteiger charge is -2.32. The maximum atomic E-state index is 11.9. The first-order valence-corrected chi connectivity index (χ1v) is 7.10. The van der Waals surface area contributed by atoms with E-state index in [0.717, 1.165) is 5.56 Å². The molecule has 0 saturated carbocycles. The van der Waals surface area contributed by atoms with Crippen LogP contribution in [0.3, 0.4) is 0 Å². The van der Waals surface area contributed by atoms with Crippen LogP contribution in [0.2, 0.25) is 0 Å². The molecule has 21 heavy (non-hydrogen) atoms. The van der Waals surface area contributed by atoms with E-state index in [9.17, 15) is 9.59 Å². The van der Waals surface area contributed by atoms with E-state index in [1.54, 1.807) is 17.3 Å². The largest absolute Gasteiger partial charge is 0.336 e. The molecule has 1 atom stereocenters. The first kappa shape index (κ1) is 15.3. The van der Waals surface area contributed by atoms with Crippen LogP contribution in [0.5, 0.6) is 0 Å². The quantitative estimate of drug-likeness (QED) is 0.880. The summed E-state index contributed by atoms with van der Waals surface area (Å²) in [7, 11) is 0. The Balaban J connectivity index is 1.80. The number of nitrogens with zero attached hydrogens (tertiary/aromatic N) is 2. The Labute approximate surface area is 124 Å². The number of hydrogen-bond acceptors (Lipinski definition) is 3.